The molecule has 4 nitrogen and oxygen atoms in total. The Morgan fingerprint density at radius 2 is 1.78 bits per heavy atom. The van der Waals surface area contributed by atoms with E-state index in [1.54, 1.807) is 0 Å². The van der Waals surface area contributed by atoms with Crippen LogP contribution in [0.15, 0.2) is 78.9 Å². The second-order valence-corrected chi connectivity index (χ2v) is 13.6. The van der Waals surface area contributed by atoms with Gasteiger partial charge >= 0.3 is 5.97 Å². The van der Waals surface area contributed by atoms with Crippen molar-refractivity contribution < 1.29 is 15.0 Å². The monoisotopic (exact) mass is 587 g/mol. The van der Waals surface area contributed by atoms with Crippen molar-refractivity contribution in [1.82, 2.24) is 4.98 Å². The SMILES string of the molecule is CC(C)(O)c1ccccc1CC[C@H](SCC1(CC(=O)O)CC1)c1cccc(CCc2ccc3ccc(Cl)cc3n2)c1. The number of thioether (sulfide) groups is 1. The van der Waals surface area contributed by atoms with E-state index in [2.05, 4.69) is 42.5 Å². The number of fused-ring (bicyclic) bond motifs is 1. The number of hydrogen-bond donors (Lipinski definition) is 2. The summed E-state index contributed by atoms with van der Waals surface area (Å²) in [6.45, 7) is 3.67. The maximum absolute atomic E-state index is 11.5. The van der Waals surface area contributed by atoms with E-state index in [1.165, 1.54) is 11.1 Å². The number of aliphatic carboxylic acids is 1. The number of nitrogens with zero attached hydrogens (tertiary/aromatic N) is 1. The molecule has 3 aromatic carbocycles. The zero-order chi connectivity index (χ0) is 29.0. The van der Waals surface area contributed by atoms with Crippen molar-refractivity contribution in [1.29, 1.82) is 0 Å². The highest BCUT2D eigenvalue weighted by molar-refractivity contribution is 7.99. The third-order valence-corrected chi connectivity index (χ3v) is 10.1. The van der Waals surface area contributed by atoms with Crippen LogP contribution < -0.4 is 0 Å². The minimum atomic E-state index is -0.902. The molecule has 1 aliphatic rings. The lowest BCUT2D eigenvalue weighted by atomic mass is 9.90. The Labute approximate surface area is 252 Å². The van der Waals surface area contributed by atoms with Crippen molar-refractivity contribution in [2.24, 2.45) is 5.41 Å². The first-order chi connectivity index (χ1) is 19.6. The Balaban J connectivity index is 1.33. The molecule has 5 rings (SSSR count). The van der Waals surface area contributed by atoms with Crippen LogP contribution in [0.4, 0.5) is 0 Å². The fourth-order valence-corrected chi connectivity index (χ4v) is 7.34. The first kappa shape index (κ1) is 29.6. The van der Waals surface area contributed by atoms with Crippen molar-refractivity contribution in [3.63, 3.8) is 0 Å². The maximum Gasteiger partial charge on any atom is 0.303 e. The molecule has 0 bridgehead atoms. The minimum absolute atomic E-state index is 0.0675. The Kier molecular flexibility index (Phi) is 9.08. The number of aryl methyl sites for hydroxylation is 3. The average molecular weight is 588 g/mol. The first-order valence-electron chi connectivity index (χ1n) is 14.4. The molecule has 0 unspecified atom stereocenters. The second kappa shape index (κ2) is 12.6. The van der Waals surface area contributed by atoms with Gasteiger partial charge in [0.15, 0.2) is 0 Å². The van der Waals surface area contributed by atoms with E-state index < -0.39 is 11.6 Å². The number of carboxylic acid groups (broad SMARTS) is 1. The Morgan fingerprint density at radius 3 is 2.54 bits per heavy atom. The molecule has 0 spiro atoms. The number of benzene rings is 3. The molecule has 1 saturated carbocycles. The molecule has 6 heteroatoms. The highest BCUT2D eigenvalue weighted by atomic mass is 35.5. The van der Waals surface area contributed by atoms with Crippen LogP contribution in [0.5, 0.6) is 0 Å². The molecular weight excluding hydrogens is 550 g/mol. The zero-order valence-electron chi connectivity index (χ0n) is 23.8. The fourth-order valence-electron chi connectivity index (χ4n) is 5.61. The summed E-state index contributed by atoms with van der Waals surface area (Å²) < 4.78 is 0. The summed E-state index contributed by atoms with van der Waals surface area (Å²) in [5, 5.41) is 22.2. The van der Waals surface area contributed by atoms with E-state index >= 15 is 0 Å². The third kappa shape index (κ3) is 7.91. The van der Waals surface area contributed by atoms with Crippen molar-refractivity contribution in [2.75, 3.05) is 5.75 Å². The highest BCUT2D eigenvalue weighted by Gasteiger charge is 2.44. The molecule has 1 fully saturated rings. The number of pyridine rings is 1. The molecule has 214 valence electrons. The Bertz CT molecular complexity index is 1530. The minimum Gasteiger partial charge on any atom is -0.481 e. The van der Waals surface area contributed by atoms with Gasteiger partial charge in [0.25, 0.3) is 0 Å². The summed E-state index contributed by atoms with van der Waals surface area (Å²) >= 11 is 8.08. The normalized spacial score (nSPS) is 15.1. The predicted molar refractivity (Wildman–Crippen MR) is 170 cm³/mol. The quantitative estimate of drug-likeness (QED) is 0.164. The molecule has 4 aromatic rings. The van der Waals surface area contributed by atoms with Crippen LogP contribution in [0.3, 0.4) is 0 Å². The van der Waals surface area contributed by atoms with E-state index in [4.69, 9.17) is 16.6 Å². The number of carboxylic acids is 1. The maximum atomic E-state index is 11.5. The molecule has 0 aliphatic heterocycles. The third-order valence-electron chi connectivity index (χ3n) is 8.13. The van der Waals surface area contributed by atoms with Crippen LogP contribution in [0, 0.1) is 5.41 Å². The second-order valence-electron chi connectivity index (χ2n) is 12.0. The Morgan fingerprint density at radius 1 is 1.00 bits per heavy atom. The summed E-state index contributed by atoms with van der Waals surface area (Å²) in [6.07, 6.45) is 5.71. The van der Waals surface area contributed by atoms with E-state index in [0.29, 0.717) is 5.02 Å². The van der Waals surface area contributed by atoms with E-state index in [0.717, 1.165) is 72.0 Å². The van der Waals surface area contributed by atoms with E-state index in [-0.39, 0.29) is 17.1 Å². The predicted octanol–water partition coefficient (Wildman–Crippen LogP) is 8.56. The number of halogens is 1. The van der Waals surface area contributed by atoms with Crippen molar-refractivity contribution in [3.05, 3.63) is 112 Å². The van der Waals surface area contributed by atoms with Gasteiger partial charge in [-0.05, 0) is 98.2 Å². The van der Waals surface area contributed by atoms with Gasteiger partial charge in [0.2, 0.25) is 0 Å². The van der Waals surface area contributed by atoms with Crippen LogP contribution in [0.2, 0.25) is 5.02 Å². The van der Waals surface area contributed by atoms with Gasteiger partial charge in [-0.15, -0.1) is 0 Å². The van der Waals surface area contributed by atoms with Gasteiger partial charge in [-0.3, -0.25) is 9.78 Å². The van der Waals surface area contributed by atoms with Gasteiger partial charge in [0.1, 0.15) is 0 Å². The van der Waals surface area contributed by atoms with Gasteiger partial charge in [-0.25, -0.2) is 0 Å². The molecule has 1 atom stereocenters. The fraction of sp³-hybridized carbons (Fsp3) is 0.371. The molecular formula is C35H38ClNO3S. The van der Waals surface area contributed by atoms with Crippen LogP contribution in [0.25, 0.3) is 10.9 Å². The smallest absolute Gasteiger partial charge is 0.303 e. The number of aliphatic hydroxyl groups is 1. The lowest BCUT2D eigenvalue weighted by molar-refractivity contribution is -0.138. The molecule has 0 saturated heterocycles. The standard InChI is InChI=1S/C35H38ClNO3S/c1-34(2,40)30-9-4-3-7-25(30)13-17-32(41-23-35(18-19-35)22-33(38)39)27-8-5-6-24(20-27)10-15-29-16-12-26-11-14-28(36)21-31(26)37-29/h3-9,11-12,14,16,20-21,32,40H,10,13,15,17-19,22-23H2,1-2H3,(H,38,39)/t32-/m0/s1. The van der Waals surface area contributed by atoms with Crippen molar-refractivity contribution >= 4 is 40.2 Å². The van der Waals surface area contributed by atoms with Gasteiger partial charge in [0.05, 0.1) is 17.5 Å². The van der Waals surface area contributed by atoms with Crippen molar-refractivity contribution in [3.8, 4) is 0 Å². The average Bonchev–Trinajstić information content (AvgIpc) is 3.70. The van der Waals surface area contributed by atoms with Crippen molar-refractivity contribution in [2.45, 2.75) is 69.6 Å². The molecule has 1 heterocycles. The summed E-state index contributed by atoms with van der Waals surface area (Å²) in [5.41, 5.74) is 5.66. The molecule has 0 amide bonds. The lowest BCUT2D eigenvalue weighted by Gasteiger charge is -2.24. The number of aromatic nitrogens is 1. The van der Waals surface area contributed by atoms with Gasteiger partial charge in [0, 0.05) is 27.1 Å². The first-order valence-corrected chi connectivity index (χ1v) is 15.8. The highest BCUT2D eigenvalue weighted by Crippen LogP contribution is 2.53. The number of rotatable bonds is 13. The summed E-state index contributed by atoms with van der Waals surface area (Å²) in [6, 6.07) is 27.0. The zero-order valence-corrected chi connectivity index (χ0v) is 25.3. The van der Waals surface area contributed by atoms with E-state index in [9.17, 15) is 15.0 Å². The van der Waals surface area contributed by atoms with Crippen LogP contribution in [-0.2, 0) is 29.7 Å². The molecule has 0 radical (unpaired) electrons. The Hall–Kier alpha value is -2.86. The van der Waals surface area contributed by atoms with Gasteiger partial charge in [-0.2, -0.15) is 11.8 Å². The van der Waals surface area contributed by atoms with E-state index in [1.807, 2.05) is 62.0 Å². The largest absolute Gasteiger partial charge is 0.481 e. The molecule has 2 N–H and O–H groups in total. The van der Waals surface area contributed by atoms with Crippen LogP contribution >= 0.6 is 23.4 Å². The summed E-state index contributed by atoms with van der Waals surface area (Å²) in [5.74, 6) is 0.149. The lowest BCUT2D eigenvalue weighted by Crippen LogP contribution is -2.18. The van der Waals surface area contributed by atoms with Crippen LogP contribution in [-0.4, -0.2) is 26.9 Å². The number of carbonyl (C=O) groups is 1. The molecule has 1 aromatic heterocycles. The number of hydrogen-bond acceptors (Lipinski definition) is 4. The summed E-state index contributed by atoms with van der Waals surface area (Å²) in [7, 11) is 0. The molecule has 1 aliphatic carbocycles. The van der Waals surface area contributed by atoms with Crippen LogP contribution in [0.1, 0.15) is 72.7 Å². The van der Waals surface area contributed by atoms with Gasteiger partial charge in [-0.1, -0.05) is 72.3 Å². The van der Waals surface area contributed by atoms with Gasteiger partial charge < -0.3 is 10.2 Å². The molecule has 41 heavy (non-hydrogen) atoms. The topological polar surface area (TPSA) is 70.4 Å². The summed E-state index contributed by atoms with van der Waals surface area (Å²) in [4.78, 5) is 16.3.